The summed E-state index contributed by atoms with van der Waals surface area (Å²) >= 11 is 0. The van der Waals surface area contributed by atoms with E-state index in [0.29, 0.717) is 13.0 Å². The summed E-state index contributed by atoms with van der Waals surface area (Å²) in [5, 5.41) is 9.08. The molecule has 6 heteroatoms. The van der Waals surface area contributed by atoms with Crippen LogP contribution in [0.15, 0.2) is 11.6 Å². The first-order chi connectivity index (χ1) is 14.1. The number of Topliss-reactive ketones (excluding diaryl/α,β-unsaturated/α-hetero) is 1. The van der Waals surface area contributed by atoms with E-state index in [1.165, 1.54) is 12.0 Å². The molecular formula is C24H37NO5. The predicted octanol–water partition coefficient (Wildman–Crippen LogP) is 2.98. The molecule has 1 amide bonds. The molecular weight excluding hydrogens is 382 g/mol. The maximum Gasteiger partial charge on any atom is 0.311 e. The van der Waals surface area contributed by atoms with E-state index >= 15 is 0 Å². The number of aliphatic hydroxyl groups is 1. The molecule has 6 atom stereocenters. The average Bonchev–Trinajstić information content (AvgIpc) is 2.70. The quantitative estimate of drug-likeness (QED) is 0.559. The third-order valence-corrected chi connectivity index (χ3v) is 8.67. The van der Waals surface area contributed by atoms with Crippen molar-refractivity contribution in [3.63, 3.8) is 0 Å². The topological polar surface area (TPSA) is 83.9 Å². The highest BCUT2D eigenvalue weighted by Crippen LogP contribution is 2.64. The highest BCUT2D eigenvalue weighted by atomic mass is 16.5. The Morgan fingerprint density at radius 2 is 2.00 bits per heavy atom. The number of ether oxygens (including phenoxy) is 1. The van der Waals surface area contributed by atoms with Crippen LogP contribution in [0.3, 0.4) is 0 Å². The standard InChI is InChI=1S/C24H37NO5/c1-15-16(13-20(28)25(4)11-12-26)7-8-17-21(15)18(27)14-19-23(17,2)9-6-10-24(19,3)22(29)30-5/h13,15,17,19,21,26H,6-12,14H2,1-5H3/b16-13+/t15-,17-,19+,21-,23?,24-/m0/s1. The van der Waals surface area contributed by atoms with Crippen molar-refractivity contribution in [3.8, 4) is 0 Å². The number of nitrogens with zero attached hydrogens (tertiary/aromatic N) is 1. The third-order valence-electron chi connectivity index (χ3n) is 8.67. The molecule has 1 unspecified atom stereocenters. The Morgan fingerprint density at radius 3 is 2.63 bits per heavy atom. The number of carbonyl (C=O) groups excluding carboxylic acids is 3. The molecule has 30 heavy (non-hydrogen) atoms. The van der Waals surface area contributed by atoms with Gasteiger partial charge in [-0.15, -0.1) is 0 Å². The van der Waals surface area contributed by atoms with E-state index in [1.54, 1.807) is 13.1 Å². The lowest BCUT2D eigenvalue weighted by Gasteiger charge is -2.60. The van der Waals surface area contributed by atoms with Gasteiger partial charge in [-0.3, -0.25) is 14.4 Å². The summed E-state index contributed by atoms with van der Waals surface area (Å²) < 4.78 is 5.16. The maximum atomic E-state index is 13.4. The van der Waals surface area contributed by atoms with Gasteiger partial charge in [0.2, 0.25) is 5.91 Å². The Kier molecular flexibility index (Phi) is 6.47. The van der Waals surface area contributed by atoms with Gasteiger partial charge in [0.05, 0.1) is 19.1 Å². The number of ketones is 1. The van der Waals surface area contributed by atoms with Gasteiger partial charge in [-0.1, -0.05) is 25.8 Å². The van der Waals surface area contributed by atoms with Crippen LogP contribution >= 0.6 is 0 Å². The molecule has 3 aliphatic carbocycles. The molecule has 3 saturated carbocycles. The van der Waals surface area contributed by atoms with Crippen LogP contribution in [0.4, 0.5) is 0 Å². The van der Waals surface area contributed by atoms with Crippen molar-refractivity contribution in [2.45, 2.75) is 59.3 Å². The van der Waals surface area contributed by atoms with Crippen molar-refractivity contribution in [2.24, 2.45) is 34.5 Å². The number of fused-ring (bicyclic) bond motifs is 3. The fraction of sp³-hybridized carbons (Fsp3) is 0.792. The fourth-order valence-electron chi connectivity index (χ4n) is 6.91. The number of carbonyl (C=O) groups is 3. The van der Waals surface area contributed by atoms with Crippen molar-refractivity contribution in [3.05, 3.63) is 11.6 Å². The van der Waals surface area contributed by atoms with Crippen molar-refractivity contribution < 1.29 is 24.2 Å². The van der Waals surface area contributed by atoms with Crippen LogP contribution in [-0.2, 0) is 19.1 Å². The minimum Gasteiger partial charge on any atom is -0.469 e. The zero-order chi connectivity index (χ0) is 22.3. The lowest BCUT2D eigenvalue weighted by Crippen LogP contribution is -2.59. The highest BCUT2D eigenvalue weighted by Gasteiger charge is 2.62. The van der Waals surface area contributed by atoms with E-state index in [4.69, 9.17) is 9.84 Å². The van der Waals surface area contributed by atoms with E-state index < -0.39 is 5.41 Å². The van der Waals surface area contributed by atoms with Crippen LogP contribution in [0.2, 0.25) is 0 Å². The minimum atomic E-state index is -0.606. The van der Waals surface area contributed by atoms with Gasteiger partial charge >= 0.3 is 5.97 Å². The minimum absolute atomic E-state index is 0.00926. The monoisotopic (exact) mass is 419 g/mol. The van der Waals surface area contributed by atoms with Gasteiger partial charge in [0.1, 0.15) is 5.78 Å². The molecule has 1 N–H and O–H groups in total. The lowest BCUT2D eigenvalue weighted by atomic mass is 9.43. The summed E-state index contributed by atoms with van der Waals surface area (Å²) in [6.45, 7) is 6.58. The second-order valence-corrected chi connectivity index (χ2v) is 10.2. The van der Waals surface area contributed by atoms with E-state index in [1.807, 2.05) is 6.92 Å². The molecule has 0 saturated heterocycles. The molecule has 3 rings (SSSR count). The Hall–Kier alpha value is -1.69. The number of aliphatic hydroxyl groups excluding tert-OH is 1. The zero-order valence-electron chi connectivity index (χ0n) is 19.1. The molecule has 0 bridgehead atoms. The molecule has 3 fully saturated rings. The molecule has 6 nitrogen and oxygen atoms in total. The van der Waals surface area contributed by atoms with Crippen LogP contribution in [0.5, 0.6) is 0 Å². The smallest absolute Gasteiger partial charge is 0.311 e. The molecule has 0 aromatic heterocycles. The van der Waals surface area contributed by atoms with Crippen LogP contribution < -0.4 is 0 Å². The van der Waals surface area contributed by atoms with Crippen LogP contribution in [0.1, 0.15) is 59.3 Å². The van der Waals surface area contributed by atoms with Crippen molar-refractivity contribution in [1.82, 2.24) is 4.90 Å². The van der Waals surface area contributed by atoms with E-state index in [2.05, 4.69) is 13.8 Å². The second kappa shape index (κ2) is 8.45. The third kappa shape index (κ3) is 3.61. The van der Waals surface area contributed by atoms with E-state index in [9.17, 15) is 14.4 Å². The van der Waals surface area contributed by atoms with Gasteiger partial charge in [-0.25, -0.2) is 0 Å². The summed E-state index contributed by atoms with van der Waals surface area (Å²) in [5.41, 5.74) is 0.357. The van der Waals surface area contributed by atoms with Crippen molar-refractivity contribution >= 4 is 17.7 Å². The summed E-state index contributed by atoms with van der Waals surface area (Å²) in [4.78, 5) is 40.1. The summed E-state index contributed by atoms with van der Waals surface area (Å²) in [7, 11) is 3.12. The first kappa shape index (κ1) is 23.0. The van der Waals surface area contributed by atoms with Crippen LogP contribution in [0.25, 0.3) is 0 Å². The molecule has 0 heterocycles. The first-order valence-electron chi connectivity index (χ1n) is 11.3. The predicted molar refractivity (Wildman–Crippen MR) is 113 cm³/mol. The van der Waals surface area contributed by atoms with Crippen LogP contribution in [-0.4, -0.2) is 55.0 Å². The zero-order valence-corrected chi connectivity index (χ0v) is 19.1. The Labute approximate surface area is 180 Å². The van der Waals surface area contributed by atoms with Crippen LogP contribution in [0, 0.1) is 34.5 Å². The number of hydrogen-bond donors (Lipinski definition) is 1. The Morgan fingerprint density at radius 1 is 1.30 bits per heavy atom. The molecule has 3 aliphatic rings. The number of methoxy groups -OCH3 is 1. The molecule has 0 aliphatic heterocycles. The number of hydrogen-bond acceptors (Lipinski definition) is 5. The number of rotatable bonds is 4. The molecule has 0 spiro atoms. The molecule has 168 valence electrons. The Balaban J connectivity index is 1.89. The first-order valence-corrected chi connectivity index (χ1v) is 11.3. The summed E-state index contributed by atoms with van der Waals surface area (Å²) in [6.07, 6.45) is 6.54. The Bertz CT molecular complexity index is 746. The maximum absolute atomic E-state index is 13.4. The molecule has 0 aromatic rings. The average molecular weight is 420 g/mol. The fourth-order valence-corrected chi connectivity index (χ4v) is 6.91. The summed E-state index contributed by atoms with van der Waals surface area (Å²) in [5.74, 6) is 0.0856. The number of esters is 1. The van der Waals surface area contributed by atoms with Gasteiger partial charge in [0, 0.05) is 32.0 Å². The van der Waals surface area contributed by atoms with E-state index in [-0.39, 0.29) is 53.4 Å². The SMILES string of the molecule is COC(=O)[C@@]1(C)CCCC2(C)[C@H]1CC(=O)[C@H]1[C@@H](C)/C(=C/C(=O)N(C)CCO)CC[C@@H]12. The molecule has 0 aromatic carbocycles. The highest BCUT2D eigenvalue weighted by molar-refractivity contribution is 5.89. The van der Waals surface area contributed by atoms with Gasteiger partial charge in [0.25, 0.3) is 0 Å². The molecule has 0 radical (unpaired) electrons. The van der Waals surface area contributed by atoms with Gasteiger partial charge < -0.3 is 14.7 Å². The van der Waals surface area contributed by atoms with Crippen molar-refractivity contribution in [2.75, 3.05) is 27.3 Å². The largest absolute Gasteiger partial charge is 0.469 e. The van der Waals surface area contributed by atoms with Gasteiger partial charge in [-0.2, -0.15) is 0 Å². The lowest BCUT2D eigenvalue weighted by molar-refractivity contribution is -0.178. The number of amides is 1. The normalized spacial score (nSPS) is 39.8. The van der Waals surface area contributed by atoms with Gasteiger partial charge in [0.15, 0.2) is 0 Å². The number of allylic oxidation sites excluding steroid dienone is 1. The second-order valence-electron chi connectivity index (χ2n) is 10.2. The van der Waals surface area contributed by atoms with Gasteiger partial charge in [-0.05, 0) is 55.8 Å². The number of likely N-dealkylation sites (N-methyl/N-ethyl adjacent to an activating group) is 1. The summed E-state index contributed by atoms with van der Waals surface area (Å²) in [6, 6.07) is 0. The van der Waals surface area contributed by atoms with E-state index in [0.717, 1.165) is 37.7 Å². The van der Waals surface area contributed by atoms with Crippen molar-refractivity contribution in [1.29, 1.82) is 0 Å².